The van der Waals surface area contributed by atoms with Crippen LogP contribution in [0.25, 0.3) is 0 Å². The Kier molecular flexibility index (Phi) is 5.44. The fraction of sp³-hybridized carbons (Fsp3) is 0.818. The van der Waals surface area contributed by atoms with Gasteiger partial charge in [0.15, 0.2) is 0 Å². The van der Waals surface area contributed by atoms with Crippen LogP contribution in [0.1, 0.15) is 34.6 Å². The average Bonchev–Trinajstić information content (AvgIpc) is 2.10. The van der Waals surface area contributed by atoms with E-state index in [0.717, 1.165) is 0 Å². The molecule has 5 heteroatoms. The summed E-state index contributed by atoms with van der Waals surface area (Å²) in [7, 11) is 0. The first-order chi connectivity index (χ1) is 7.13. The number of primary amides is 1. The molecule has 0 rings (SSSR count). The smallest absolute Gasteiger partial charge is 0.237 e. The number of hydrogen-bond donors (Lipinski definition) is 3. The van der Waals surface area contributed by atoms with E-state index in [1.165, 1.54) is 0 Å². The van der Waals surface area contributed by atoms with E-state index in [9.17, 15) is 9.59 Å². The molecule has 0 bridgehead atoms. The van der Waals surface area contributed by atoms with Crippen LogP contribution >= 0.6 is 0 Å². The zero-order valence-corrected chi connectivity index (χ0v) is 10.8. The van der Waals surface area contributed by atoms with Crippen LogP contribution in [-0.4, -0.2) is 29.9 Å². The molecule has 2 unspecified atom stereocenters. The summed E-state index contributed by atoms with van der Waals surface area (Å²) < 4.78 is 0. The van der Waals surface area contributed by atoms with E-state index in [2.05, 4.69) is 10.6 Å². The lowest BCUT2D eigenvalue weighted by Gasteiger charge is -2.24. The van der Waals surface area contributed by atoms with Crippen LogP contribution in [0.4, 0.5) is 0 Å². The highest BCUT2D eigenvalue weighted by Gasteiger charge is 2.19. The van der Waals surface area contributed by atoms with Crippen molar-refractivity contribution >= 4 is 11.8 Å². The summed E-state index contributed by atoms with van der Waals surface area (Å²) in [6.45, 7) is 9.66. The fourth-order valence-electron chi connectivity index (χ4n) is 1.02. The van der Waals surface area contributed by atoms with Crippen molar-refractivity contribution < 1.29 is 9.59 Å². The molecule has 0 aliphatic rings. The topological polar surface area (TPSA) is 84.2 Å². The molecule has 0 spiro atoms. The molecule has 4 N–H and O–H groups in total. The van der Waals surface area contributed by atoms with Crippen molar-refractivity contribution in [1.82, 2.24) is 10.6 Å². The van der Waals surface area contributed by atoms with Crippen LogP contribution in [0.2, 0.25) is 0 Å². The maximum Gasteiger partial charge on any atom is 0.237 e. The van der Waals surface area contributed by atoms with Gasteiger partial charge in [-0.1, -0.05) is 6.92 Å². The van der Waals surface area contributed by atoms with E-state index >= 15 is 0 Å². The fourth-order valence-corrected chi connectivity index (χ4v) is 1.02. The van der Waals surface area contributed by atoms with Gasteiger partial charge in [0, 0.05) is 18.0 Å². The Morgan fingerprint density at radius 1 is 1.25 bits per heavy atom. The van der Waals surface area contributed by atoms with Gasteiger partial charge < -0.3 is 16.4 Å². The van der Waals surface area contributed by atoms with Gasteiger partial charge in [-0.25, -0.2) is 0 Å². The molecule has 5 nitrogen and oxygen atoms in total. The minimum atomic E-state index is -0.365. The second kappa shape index (κ2) is 5.84. The predicted molar refractivity (Wildman–Crippen MR) is 63.7 cm³/mol. The highest BCUT2D eigenvalue weighted by Crippen LogP contribution is 1.99. The molecule has 0 aromatic carbocycles. The molecule has 0 aromatic heterocycles. The monoisotopic (exact) mass is 229 g/mol. The van der Waals surface area contributed by atoms with E-state index in [-0.39, 0.29) is 29.3 Å². The Morgan fingerprint density at radius 2 is 1.75 bits per heavy atom. The number of nitrogens with one attached hydrogen (secondary N) is 2. The Hall–Kier alpha value is -1.10. The quantitative estimate of drug-likeness (QED) is 0.620. The zero-order valence-electron chi connectivity index (χ0n) is 10.8. The number of carbonyl (C=O) groups excluding carboxylic acids is 2. The second-order valence-corrected chi connectivity index (χ2v) is 5.17. The lowest BCUT2D eigenvalue weighted by Crippen LogP contribution is -2.50. The van der Waals surface area contributed by atoms with Gasteiger partial charge >= 0.3 is 0 Å². The Morgan fingerprint density at radius 3 is 2.12 bits per heavy atom. The maximum atomic E-state index is 11.7. The highest BCUT2D eigenvalue weighted by molar-refractivity contribution is 5.82. The van der Waals surface area contributed by atoms with E-state index in [1.807, 2.05) is 20.8 Å². The summed E-state index contributed by atoms with van der Waals surface area (Å²) in [4.78, 5) is 22.4. The summed E-state index contributed by atoms with van der Waals surface area (Å²) in [5, 5.41) is 5.83. The van der Waals surface area contributed by atoms with Gasteiger partial charge in [0.05, 0.1) is 6.04 Å². The van der Waals surface area contributed by atoms with Crippen molar-refractivity contribution in [1.29, 1.82) is 0 Å². The first kappa shape index (κ1) is 14.9. The molecule has 2 atom stereocenters. The van der Waals surface area contributed by atoms with Crippen LogP contribution in [-0.2, 0) is 9.59 Å². The van der Waals surface area contributed by atoms with Crippen LogP contribution < -0.4 is 16.4 Å². The Labute approximate surface area is 97.2 Å². The molecule has 0 aromatic rings. The maximum absolute atomic E-state index is 11.7. The normalized spacial score (nSPS) is 15.3. The molecule has 94 valence electrons. The lowest BCUT2D eigenvalue weighted by molar-refractivity contribution is -0.125. The number of carbonyl (C=O) groups is 2. The minimum absolute atomic E-state index is 0.0795. The summed E-state index contributed by atoms with van der Waals surface area (Å²) in [6, 6.07) is -0.332. The molecule has 16 heavy (non-hydrogen) atoms. The van der Waals surface area contributed by atoms with Crippen molar-refractivity contribution in [2.24, 2.45) is 11.7 Å². The van der Waals surface area contributed by atoms with Gasteiger partial charge in [-0.05, 0) is 27.7 Å². The minimum Gasteiger partial charge on any atom is -0.369 e. The molecule has 0 aliphatic carbocycles. The van der Waals surface area contributed by atoms with Gasteiger partial charge in [-0.15, -0.1) is 0 Å². The zero-order chi connectivity index (χ0) is 12.9. The first-order valence-electron chi connectivity index (χ1n) is 5.48. The molecule has 0 saturated heterocycles. The summed E-state index contributed by atoms with van der Waals surface area (Å²) in [5.74, 6) is -0.718. The van der Waals surface area contributed by atoms with Crippen molar-refractivity contribution in [2.45, 2.75) is 46.2 Å². The van der Waals surface area contributed by atoms with Crippen molar-refractivity contribution in [2.75, 3.05) is 6.54 Å². The number of rotatable bonds is 5. The molecule has 2 amide bonds. The third-order valence-electron chi connectivity index (χ3n) is 2.11. The molecule has 0 saturated carbocycles. The second-order valence-electron chi connectivity index (χ2n) is 5.17. The first-order valence-corrected chi connectivity index (χ1v) is 5.48. The number of hydrogen-bond acceptors (Lipinski definition) is 3. The van der Waals surface area contributed by atoms with E-state index in [0.29, 0.717) is 6.54 Å². The van der Waals surface area contributed by atoms with E-state index in [4.69, 9.17) is 5.73 Å². The van der Waals surface area contributed by atoms with Crippen LogP contribution in [0.5, 0.6) is 0 Å². The lowest BCUT2D eigenvalue weighted by atomic mass is 10.1. The van der Waals surface area contributed by atoms with Crippen molar-refractivity contribution in [3.63, 3.8) is 0 Å². The Balaban J connectivity index is 4.02. The van der Waals surface area contributed by atoms with E-state index in [1.54, 1.807) is 13.8 Å². The third-order valence-corrected chi connectivity index (χ3v) is 2.11. The number of nitrogens with two attached hydrogens (primary N) is 1. The SMILES string of the molecule is CC(CNC(C)C(=O)NC(C)(C)C)C(N)=O. The molecular formula is C11H23N3O2. The van der Waals surface area contributed by atoms with Crippen molar-refractivity contribution in [3.05, 3.63) is 0 Å². The summed E-state index contributed by atoms with van der Waals surface area (Å²) >= 11 is 0. The van der Waals surface area contributed by atoms with Crippen LogP contribution in [0.3, 0.4) is 0 Å². The summed E-state index contributed by atoms with van der Waals surface area (Å²) in [5.41, 5.74) is 4.87. The van der Waals surface area contributed by atoms with Gasteiger partial charge in [-0.3, -0.25) is 9.59 Å². The van der Waals surface area contributed by atoms with Gasteiger partial charge in [0.2, 0.25) is 11.8 Å². The summed E-state index contributed by atoms with van der Waals surface area (Å²) in [6.07, 6.45) is 0. The Bertz CT molecular complexity index is 258. The third kappa shape index (κ3) is 6.40. The van der Waals surface area contributed by atoms with Gasteiger partial charge in [0.25, 0.3) is 0 Å². The number of amides is 2. The molecular weight excluding hydrogens is 206 g/mol. The molecule has 0 radical (unpaired) electrons. The molecule has 0 aliphatic heterocycles. The van der Waals surface area contributed by atoms with Crippen LogP contribution in [0.15, 0.2) is 0 Å². The highest BCUT2D eigenvalue weighted by atomic mass is 16.2. The molecule has 0 heterocycles. The van der Waals surface area contributed by atoms with Gasteiger partial charge in [0.1, 0.15) is 0 Å². The van der Waals surface area contributed by atoms with Crippen molar-refractivity contribution in [3.8, 4) is 0 Å². The van der Waals surface area contributed by atoms with Crippen LogP contribution in [0, 0.1) is 5.92 Å². The van der Waals surface area contributed by atoms with E-state index < -0.39 is 0 Å². The largest absolute Gasteiger partial charge is 0.369 e. The standard InChI is InChI=1S/C11H23N3O2/c1-7(9(12)15)6-13-8(2)10(16)14-11(3,4)5/h7-8,13H,6H2,1-5H3,(H2,12,15)(H,14,16). The predicted octanol–water partition coefficient (Wildman–Crippen LogP) is 0.000600. The van der Waals surface area contributed by atoms with Gasteiger partial charge in [-0.2, -0.15) is 0 Å². The average molecular weight is 229 g/mol. The molecule has 0 fully saturated rings.